The van der Waals surface area contributed by atoms with E-state index in [-0.39, 0.29) is 17.9 Å². The fraction of sp³-hybridized carbons (Fsp3) is 0.846. The number of likely N-dealkylation sites (N-methyl/N-ethyl adjacent to an activating group) is 1. The molecule has 0 saturated carbocycles. The van der Waals surface area contributed by atoms with Crippen molar-refractivity contribution in [1.29, 1.82) is 0 Å². The molecule has 0 heterocycles. The third kappa shape index (κ3) is 8.98. The van der Waals surface area contributed by atoms with E-state index in [0.29, 0.717) is 6.54 Å². The van der Waals surface area contributed by atoms with Crippen LogP contribution in [0.5, 0.6) is 0 Å². The smallest absolute Gasteiger partial charge is 0.407 e. The van der Waals surface area contributed by atoms with Gasteiger partial charge in [-0.15, -0.1) is 0 Å². The van der Waals surface area contributed by atoms with E-state index in [1.807, 2.05) is 20.8 Å². The van der Waals surface area contributed by atoms with E-state index in [9.17, 15) is 9.59 Å². The molecule has 18 heavy (non-hydrogen) atoms. The van der Waals surface area contributed by atoms with Gasteiger partial charge in [0.1, 0.15) is 11.4 Å². The quantitative estimate of drug-likeness (QED) is 0.684. The number of hydrogen-bond donors (Lipinski definition) is 2. The summed E-state index contributed by atoms with van der Waals surface area (Å²) in [6.07, 6.45) is 2.13. The van der Waals surface area contributed by atoms with Crippen molar-refractivity contribution in [3.05, 3.63) is 0 Å². The molecule has 0 aliphatic heterocycles. The molecular formula is C13H26N2O3. The van der Waals surface area contributed by atoms with Gasteiger partial charge in [-0.3, -0.25) is 4.79 Å². The number of Topliss-reactive ketones (excluding diaryl/α,β-unsaturated/α-hetero) is 1. The van der Waals surface area contributed by atoms with Crippen molar-refractivity contribution in [2.45, 2.75) is 58.6 Å². The largest absolute Gasteiger partial charge is 0.444 e. The van der Waals surface area contributed by atoms with Crippen LogP contribution in [0.4, 0.5) is 4.79 Å². The topological polar surface area (TPSA) is 67.4 Å². The molecule has 0 bridgehead atoms. The number of nitrogens with one attached hydrogen (secondary N) is 2. The maximum Gasteiger partial charge on any atom is 0.407 e. The lowest BCUT2D eigenvalue weighted by molar-refractivity contribution is -0.119. The molecule has 1 unspecified atom stereocenters. The highest BCUT2D eigenvalue weighted by Crippen LogP contribution is 2.06. The second-order valence-corrected chi connectivity index (χ2v) is 5.38. The Morgan fingerprint density at radius 3 is 2.28 bits per heavy atom. The van der Waals surface area contributed by atoms with Gasteiger partial charge in [-0.1, -0.05) is 0 Å². The molecule has 0 aromatic carbocycles. The minimum Gasteiger partial charge on any atom is -0.444 e. The van der Waals surface area contributed by atoms with Crippen LogP contribution in [0.3, 0.4) is 0 Å². The fourth-order valence-corrected chi connectivity index (χ4v) is 1.53. The van der Waals surface area contributed by atoms with Crippen molar-refractivity contribution >= 4 is 11.9 Å². The van der Waals surface area contributed by atoms with Crippen molar-refractivity contribution in [1.82, 2.24) is 10.6 Å². The molecule has 1 amide bonds. The minimum atomic E-state index is -0.462. The maximum absolute atomic E-state index is 11.3. The van der Waals surface area contributed by atoms with E-state index in [4.69, 9.17) is 4.74 Å². The molecule has 0 aliphatic carbocycles. The van der Waals surface area contributed by atoms with Crippen LogP contribution in [-0.4, -0.2) is 37.1 Å². The molecular weight excluding hydrogens is 232 g/mol. The van der Waals surface area contributed by atoms with Crippen molar-refractivity contribution in [3.63, 3.8) is 0 Å². The zero-order valence-electron chi connectivity index (χ0n) is 12.1. The summed E-state index contributed by atoms with van der Waals surface area (Å²) in [6.45, 7) is 7.65. The molecule has 5 heteroatoms. The number of rotatable bonds is 7. The zero-order valence-corrected chi connectivity index (χ0v) is 12.1. The highest BCUT2D eigenvalue weighted by atomic mass is 16.6. The number of hydrogen-bond acceptors (Lipinski definition) is 4. The van der Waals surface area contributed by atoms with Crippen molar-refractivity contribution in [2.75, 3.05) is 13.6 Å². The number of ether oxygens (including phenoxy) is 1. The molecule has 0 aromatic heterocycles. The van der Waals surface area contributed by atoms with Gasteiger partial charge in [0.05, 0.1) is 6.04 Å². The van der Waals surface area contributed by atoms with Crippen molar-refractivity contribution < 1.29 is 14.3 Å². The number of alkyl carbamates (subject to hydrolysis) is 1. The summed E-state index contributed by atoms with van der Waals surface area (Å²) in [5, 5.41) is 5.66. The Hall–Kier alpha value is -1.10. The normalized spacial score (nSPS) is 12.9. The Bertz CT molecular complexity index is 272. The molecule has 0 aromatic rings. The summed E-state index contributed by atoms with van der Waals surface area (Å²) in [5.74, 6) is 0.151. The summed E-state index contributed by atoms with van der Waals surface area (Å²) in [7, 11) is 1.78. The van der Waals surface area contributed by atoms with Crippen LogP contribution in [0.25, 0.3) is 0 Å². The highest BCUT2D eigenvalue weighted by molar-refractivity contribution is 5.81. The summed E-state index contributed by atoms with van der Waals surface area (Å²) >= 11 is 0. The Kier molecular flexibility index (Phi) is 7.59. The first kappa shape index (κ1) is 16.9. The number of ketones is 1. The van der Waals surface area contributed by atoms with Crippen molar-refractivity contribution in [2.24, 2.45) is 0 Å². The van der Waals surface area contributed by atoms with E-state index >= 15 is 0 Å². The van der Waals surface area contributed by atoms with Crippen LogP contribution in [0.15, 0.2) is 0 Å². The van der Waals surface area contributed by atoms with E-state index in [1.165, 1.54) is 0 Å². The average Bonchev–Trinajstić information content (AvgIpc) is 2.20. The van der Waals surface area contributed by atoms with Gasteiger partial charge in [0.15, 0.2) is 0 Å². The van der Waals surface area contributed by atoms with E-state index in [2.05, 4.69) is 10.6 Å². The minimum absolute atomic E-state index is 0.0773. The SMILES string of the molecule is CNC(CCCCNC(=O)OC(C)(C)C)C(C)=O. The van der Waals surface area contributed by atoms with Crippen LogP contribution in [0.2, 0.25) is 0 Å². The van der Waals surface area contributed by atoms with Crippen LogP contribution in [0, 0.1) is 0 Å². The average molecular weight is 258 g/mol. The standard InChI is InChI=1S/C13H26N2O3/c1-10(16)11(14-5)8-6-7-9-15-12(17)18-13(2,3)4/h11,14H,6-9H2,1-5H3,(H,15,17). The summed E-state index contributed by atoms with van der Waals surface area (Å²) in [5.41, 5.74) is -0.462. The lowest BCUT2D eigenvalue weighted by Gasteiger charge is -2.19. The lowest BCUT2D eigenvalue weighted by atomic mass is 10.1. The van der Waals surface area contributed by atoms with Gasteiger partial charge < -0.3 is 15.4 Å². The van der Waals surface area contributed by atoms with Gasteiger partial charge in [-0.2, -0.15) is 0 Å². The monoisotopic (exact) mass is 258 g/mol. The second kappa shape index (κ2) is 8.08. The predicted octanol–water partition coefficient (Wildman–Crippen LogP) is 1.86. The van der Waals surface area contributed by atoms with Crippen LogP contribution in [-0.2, 0) is 9.53 Å². The van der Waals surface area contributed by atoms with E-state index in [1.54, 1.807) is 14.0 Å². The first-order valence-electron chi connectivity index (χ1n) is 6.41. The van der Waals surface area contributed by atoms with Gasteiger partial charge in [0.25, 0.3) is 0 Å². The molecule has 5 nitrogen and oxygen atoms in total. The van der Waals surface area contributed by atoms with Gasteiger partial charge in [0.2, 0.25) is 0 Å². The van der Waals surface area contributed by atoms with Crippen molar-refractivity contribution in [3.8, 4) is 0 Å². The first-order valence-corrected chi connectivity index (χ1v) is 6.41. The Morgan fingerprint density at radius 1 is 1.22 bits per heavy atom. The van der Waals surface area contributed by atoms with Gasteiger partial charge in [-0.05, 0) is 54.0 Å². The Labute approximate surface area is 110 Å². The second-order valence-electron chi connectivity index (χ2n) is 5.38. The number of unbranched alkanes of at least 4 members (excludes halogenated alkanes) is 1. The molecule has 0 aliphatic rings. The molecule has 1 atom stereocenters. The van der Waals surface area contributed by atoms with Gasteiger partial charge in [-0.25, -0.2) is 4.79 Å². The molecule has 0 saturated heterocycles. The summed E-state index contributed by atoms with van der Waals surface area (Å²) in [6, 6.07) is -0.0773. The number of carbonyl (C=O) groups excluding carboxylic acids is 2. The number of carbonyl (C=O) groups is 2. The first-order chi connectivity index (χ1) is 8.26. The molecule has 0 fully saturated rings. The summed E-state index contributed by atoms with van der Waals surface area (Å²) < 4.78 is 5.11. The molecule has 2 N–H and O–H groups in total. The molecule has 0 radical (unpaired) electrons. The van der Waals surface area contributed by atoms with Gasteiger partial charge in [0, 0.05) is 6.54 Å². The molecule has 106 valence electrons. The van der Waals surface area contributed by atoms with Crippen LogP contribution < -0.4 is 10.6 Å². The van der Waals surface area contributed by atoms with Gasteiger partial charge >= 0.3 is 6.09 Å². The Morgan fingerprint density at radius 2 is 1.83 bits per heavy atom. The van der Waals surface area contributed by atoms with E-state index < -0.39 is 5.60 Å². The third-order valence-electron chi connectivity index (χ3n) is 2.43. The highest BCUT2D eigenvalue weighted by Gasteiger charge is 2.15. The lowest BCUT2D eigenvalue weighted by Crippen LogP contribution is -2.34. The molecule has 0 rings (SSSR count). The number of amides is 1. The fourth-order valence-electron chi connectivity index (χ4n) is 1.53. The Balaban J connectivity index is 3.62. The summed E-state index contributed by atoms with van der Waals surface area (Å²) in [4.78, 5) is 22.5. The van der Waals surface area contributed by atoms with E-state index in [0.717, 1.165) is 19.3 Å². The molecule has 0 spiro atoms. The maximum atomic E-state index is 11.3. The van der Waals surface area contributed by atoms with Crippen LogP contribution in [0.1, 0.15) is 47.0 Å². The zero-order chi connectivity index (χ0) is 14.2. The third-order valence-corrected chi connectivity index (χ3v) is 2.43. The predicted molar refractivity (Wildman–Crippen MR) is 71.6 cm³/mol. The van der Waals surface area contributed by atoms with Crippen LogP contribution >= 0.6 is 0 Å².